The van der Waals surface area contributed by atoms with Gasteiger partial charge in [-0.15, -0.1) is 0 Å². The fourth-order valence-electron chi connectivity index (χ4n) is 7.79. The van der Waals surface area contributed by atoms with E-state index in [9.17, 15) is 24.0 Å². The Morgan fingerprint density at radius 3 is 2.12 bits per heavy atom. The summed E-state index contributed by atoms with van der Waals surface area (Å²) in [5, 5.41) is 5.73. The lowest BCUT2D eigenvalue weighted by molar-refractivity contribution is -0.145. The quantitative estimate of drug-likeness (QED) is 0.362. The summed E-state index contributed by atoms with van der Waals surface area (Å²) in [6.45, 7) is 9.95. The molecule has 5 rings (SSSR count). The standard InChI is InChI=1S/C31H48N4O6/c1-29(2,3)41-28(40)34-22(18-9-11-31(12-10-18)13-14-31)27(39)35-16-19-21(30(19,4)5)23(35)26(38)33-20(24(36)25(32)37)15-17-7-6-8-17/h17-23H,6-16H2,1-5H3,(H2,32,37)(H,33,38)(H,34,40)/t19?,20?,21?,22-,23-/m0/s1. The molecule has 0 aromatic heterocycles. The van der Waals surface area contributed by atoms with E-state index < -0.39 is 47.4 Å². The fraction of sp³-hybridized carbons (Fsp3) is 0.839. The normalized spacial score (nSPS) is 30.8. The Bertz CT molecular complexity index is 1090. The number of nitrogens with one attached hydrogen (secondary N) is 2. The number of piperidine rings is 1. The maximum absolute atomic E-state index is 14.3. The molecule has 1 aliphatic heterocycles. The Balaban J connectivity index is 1.36. The molecule has 0 bridgehead atoms. The van der Waals surface area contributed by atoms with Crippen molar-refractivity contribution in [2.75, 3.05) is 6.54 Å². The Morgan fingerprint density at radius 1 is 0.976 bits per heavy atom. The summed E-state index contributed by atoms with van der Waals surface area (Å²) >= 11 is 0. The molecular formula is C31H48N4O6. The number of rotatable bonds is 9. The minimum atomic E-state index is -1.06. The Hall–Kier alpha value is -2.65. The van der Waals surface area contributed by atoms with Crippen LogP contribution in [0.2, 0.25) is 0 Å². The van der Waals surface area contributed by atoms with E-state index in [2.05, 4.69) is 24.5 Å². The predicted molar refractivity (Wildman–Crippen MR) is 151 cm³/mol. The van der Waals surface area contributed by atoms with Crippen LogP contribution in [0.15, 0.2) is 0 Å². The van der Waals surface area contributed by atoms with Crippen LogP contribution in [0.4, 0.5) is 4.79 Å². The number of alkyl carbamates (subject to hydrolysis) is 1. The van der Waals surface area contributed by atoms with E-state index in [0.717, 1.165) is 44.9 Å². The molecule has 4 amide bonds. The van der Waals surface area contributed by atoms with Gasteiger partial charge in [-0.3, -0.25) is 19.2 Å². The van der Waals surface area contributed by atoms with Crippen molar-refractivity contribution in [1.82, 2.24) is 15.5 Å². The van der Waals surface area contributed by atoms with Crippen LogP contribution in [0.3, 0.4) is 0 Å². The summed E-state index contributed by atoms with van der Waals surface area (Å²) in [4.78, 5) is 67.2. The van der Waals surface area contributed by atoms with Gasteiger partial charge in [0, 0.05) is 6.54 Å². The molecule has 228 valence electrons. The van der Waals surface area contributed by atoms with Crippen molar-refractivity contribution < 1.29 is 28.7 Å². The lowest BCUT2D eigenvalue weighted by Gasteiger charge is -2.38. The third kappa shape index (κ3) is 6.12. The zero-order chi connectivity index (χ0) is 29.9. The molecule has 5 atom stereocenters. The summed E-state index contributed by atoms with van der Waals surface area (Å²) in [6, 6.07) is -2.57. The Morgan fingerprint density at radius 2 is 1.61 bits per heavy atom. The molecule has 1 spiro atoms. The number of primary amides is 1. The van der Waals surface area contributed by atoms with Gasteiger partial charge in [-0.2, -0.15) is 0 Å². The SMILES string of the molecule is CC(C)(C)OC(=O)N[C@H](C(=O)N1CC2C([C@H]1C(=O)NC(CC1CCC1)C(=O)C(N)=O)C2(C)C)C1CCC2(CC1)CC2. The highest BCUT2D eigenvalue weighted by molar-refractivity contribution is 6.37. The van der Waals surface area contributed by atoms with Crippen LogP contribution >= 0.6 is 0 Å². The first-order valence-corrected chi connectivity index (χ1v) is 15.6. The molecule has 0 radical (unpaired) electrons. The molecule has 5 aliphatic rings. The third-order valence-electron chi connectivity index (χ3n) is 10.9. The number of hydrogen-bond donors (Lipinski definition) is 3. The van der Waals surface area contributed by atoms with Gasteiger partial charge in [0.2, 0.25) is 17.6 Å². The molecule has 4 N–H and O–H groups in total. The lowest BCUT2D eigenvalue weighted by Crippen LogP contribution is -2.60. The van der Waals surface area contributed by atoms with Gasteiger partial charge >= 0.3 is 6.09 Å². The second-order valence-corrected chi connectivity index (χ2v) is 15.2. The van der Waals surface area contributed by atoms with Gasteiger partial charge in [0.15, 0.2) is 0 Å². The number of ether oxygens (including phenoxy) is 1. The molecule has 5 fully saturated rings. The zero-order valence-electron chi connectivity index (χ0n) is 25.3. The highest BCUT2D eigenvalue weighted by Crippen LogP contribution is 2.65. The van der Waals surface area contributed by atoms with E-state index in [1.807, 2.05) is 0 Å². The second kappa shape index (κ2) is 10.6. The smallest absolute Gasteiger partial charge is 0.408 e. The molecule has 4 aliphatic carbocycles. The van der Waals surface area contributed by atoms with Gasteiger partial charge in [-0.05, 0) is 100 Å². The van der Waals surface area contributed by atoms with Crippen molar-refractivity contribution in [2.24, 2.45) is 40.2 Å². The molecule has 0 aromatic rings. The van der Waals surface area contributed by atoms with Crippen molar-refractivity contribution in [3.63, 3.8) is 0 Å². The van der Waals surface area contributed by atoms with Gasteiger partial charge in [-0.25, -0.2) is 4.79 Å². The first-order chi connectivity index (χ1) is 19.1. The highest BCUT2D eigenvalue weighted by atomic mass is 16.6. The van der Waals surface area contributed by atoms with Crippen LogP contribution in [0.5, 0.6) is 0 Å². The van der Waals surface area contributed by atoms with Crippen molar-refractivity contribution >= 4 is 29.6 Å². The number of ketones is 1. The molecular weight excluding hydrogens is 524 g/mol. The average molecular weight is 573 g/mol. The van der Waals surface area contributed by atoms with E-state index >= 15 is 0 Å². The number of nitrogens with two attached hydrogens (primary N) is 1. The van der Waals surface area contributed by atoms with Crippen molar-refractivity contribution in [3.8, 4) is 0 Å². The summed E-state index contributed by atoms with van der Waals surface area (Å²) in [7, 11) is 0. The topological polar surface area (TPSA) is 148 Å². The van der Waals surface area contributed by atoms with E-state index in [-0.39, 0.29) is 35.0 Å². The zero-order valence-corrected chi connectivity index (χ0v) is 25.3. The summed E-state index contributed by atoms with van der Waals surface area (Å²) < 4.78 is 5.54. The van der Waals surface area contributed by atoms with Crippen molar-refractivity contribution in [2.45, 2.75) is 123 Å². The monoisotopic (exact) mass is 572 g/mol. The maximum Gasteiger partial charge on any atom is 0.408 e. The molecule has 1 heterocycles. The lowest BCUT2D eigenvalue weighted by atomic mass is 9.76. The van der Waals surface area contributed by atoms with E-state index in [1.54, 1.807) is 25.7 Å². The largest absolute Gasteiger partial charge is 0.444 e. The van der Waals surface area contributed by atoms with Gasteiger partial charge in [-0.1, -0.05) is 33.1 Å². The van der Waals surface area contributed by atoms with Crippen LogP contribution in [0.25, 0.3) is 0 Å². The highest BCUT2D eigenvalue weighted by Gasteiger charge is 2.70. The number of likely N-dealkylation sites (tertiary alicyclic amines) is 1. The van der Waals surface area contributed by atoms with Crippen molar-refractivity contribution in [1.29, 1.82) is 0 Å². The number of hydrogen-bond acceptors (Lipinski definition) is 6. The first-order valence-electron chi connectivity index (χ1n) is 15.6. The van der Waals surface area contributed by atoms with E-state index in [4.69, 9.17) is 10.5 Å². The van der Waals surface area contributed by atoms with Gasteiger partial charge in [0.1, 0.15) is 17.7 Å². The number of fused-ring (bicyclic) bond motifs is 1. The first kappa shape index (κ1) is 29.8. The van der Waals surface area contributed by atoms with Gasteiger partial charge in [0.05, 0.1) is 6.04 Å². The minimum absolute atomic E-state index is 0.0438. The number of Topliss-reactive ketones (excluding diaryl/α,β-unsaturated/α-hetero) is 1. The van der Waals surface area contributed by atoms with Crippen LogP contribution in [0, 0.1) is 34.5 Å². The van der Waals surface area contributed by atoms with Crippen LogP contribution in [0.1, 0.15) is 98.8 Å². The second-order valence-electron chi connectivity index (χ2n) is 15.2. The van der Waals surface area contributed by atoms with E-state index in [1.165, 1.54) is 12.8 Å². The summed E-state index contributed by atoms with van der Waals surface area (Å²) in [5.74, 6) is -2.26. The molecule has 10 heteroatoms. The number of carbonyl (C=O) groups is 5. The third-order valence-corrected chi connectivity index (χ3v) is 10.9. The molecule has 1 saturated heterocycles. The molecule has 0 aromatic carbocycles. The van der Waals surface area contributed by atoms with Crippen LogP contribution in [-0.4, -0.2) is 64.8 Å². The van der Waals surface area contributed by atoms with E-state index in [0.29, 0.717) is 18.4 Å². The number of nitrogens with zero attached hydrogens (tertiary/aromatic N) is 1. The predicted octanol–water partition coefficient (Wildman–Crippen LogP) is 3.06. The van der Waals surface area contributed by atoms with Crippen LogP contribution < -0.4 is 16.4 Å². The molecule has 10 nitrogen and oxygen atoms in total. The molecule has 41 heavy (non-hydrogen) atoms. The molecule has 3 unspecified atom stereocenters. The fourth-order valence-corrected chi connectivity index (χ4v) is 7.79. The molecule has 4 saturated carbocycles. The van der Waals surface area contributed by atoms with Crippen LogP contribution in [-0.2, 0) is 23.9 Å². The van der Waals surface area contributed by atoms with Gasteiger partial charge < -0.3 is 26.0 Å². The van der Waals surface area contributed by atoms with Crippen molar-refractivity contribution in [3.05, 3.63) is 0 Å². The van der Waals surface area contributed by atoms with Gasteiger partial charge in [0.25, 0.3) is 5.91 Å². The Kier molecular flexibility index (Phi) is 7.69. The summed E-state index contributed by atoms with van der Waals surface area (Å²) in [5.41, 5.74) is 4.90. The minimum Gasteiger partial charge on any atom is -0.444 e. The number of amides is 4. The Labute approximate surface area is 243 Å². The number of carbonyl (C=O) groups excluding carboxylic acids is 5. The average Bonchev–Trinajstić information content (AvgIpc) is 3.64. The maximum atomic E-state index is 14.3. The summed E-state index contributed by atoms with van der Waals surface area (Å²) in [6.07, 6.45) is 8.92.